The van der Waals surface area contributed by atoms with Gasteiger partial charge in [-0.1, -0.05) is 56.9 Å². The molecule has 2 aliphatic rings. The van der Waals surface area contributed by atoms with Crippen LogP contribution in [0.25, 0.3) is 20.2 Å². The molecular formula is C33H44F2OS. The fourth-order valence-electron chi connectivity index (χ4n) is 6.62. The van der Waals surface area contributed by atoms with Gasteiger partial charge in [-0.2, -0.15) is 0 Å². The molecule has 4 heteroatoms. The van der Waals surface area contributed by atoms with E-state index in [1.54, 1.807) is 44.9 Å². The number of hydrogen-bond donors (Lipinski definition) is 0. The maximum Gasteiger partial charge on any atom is 0.182 e. The number of fused-ring (bicyclic) bond motifs is 3. The van der Waals surface area contributed by atoms with E-state index in [2.05, 4.69) is 26.0 Å². The molecule has 2 aromatic carbocycles. The number of hydrogen-bond acceptors (Lipinski definition) is 2. The molecule has 0 atom stereocenters. The average molecular weight is 527 g/mol. The van der Waals surface area contributed by atoms with Crippen LogP contribution >= 0.6 is 11.3 Å². The second-order valence-corrected chi connectivity index (χ2v) is 12.2. The van der Waals surface area contributed by atoms with Crippen molar-refractivity contribution in [2.45, 2.75) is 91.9 Å². The van der Waals surface area contributed by atoms with Gasteiger partial charge in [0.1, 0.15) is 5.82 Å². The highest BCUT2D eigenvalue weighted by Crippen LogP contribution is 2.43. The molecule has 0 aliphatic heterocycles. The molecule has 0 radical (unpaired) electrons. The summed E-state index contributed by atoms with van der Waals surface area (Å²) in [6.45, 7) is 8.43. The molecule has 5 rings (SSSR count). The Hall–Kier alpha value is -1.94. The van der Waals surface area contributed by atoms with Gasteiger partial charge in [-0.3, -0.25) is 0 Å². The van der Waals surface area contributed by atoms with Crippen molar-refractivity contribution < 1.29 is 13.5 Å². The molecule has 2 saturated carbocycles. The van der Waals surface area contributed by atoms with Gasteiger partial charge in [0.05, 0.1) is 16.0 Å². The Morgan fingerprint density at radius 3 is 2.03 bits per heavy atom. The zero-order valence-corrected chi connectivity index (χ0v) is 23.9. The zero-order valence-electron chi connectivity index (χ0n) is 23.1. The lowest BCUT2D eigenvalue weighted by Crippen LogP contribution is -2.25. The Morgan fingerprint density at radius 2 is 1.43 bits per heavy atom. The number of aryl methyl sites for hydroxylation is 1. The normalized spacial score (nSPS) is 24.4. The monoisotopic (exact) mass is 526 g/mol. The lowest BCUT2D eigenvalue weighted by atomic mass is 9.69. The number of ether oxygens (including phenoxy) is 1. The van der Waals surface area contributed by atoms with Crippen LogP contribution in [0.4, 0.5) is 8.78 Å². The first-order valence-corrected chi connectivity index (χ1v) is 15.3. The molecule has 2 fully saturated rings. The van der Waals surface area contributed by atoms with Crippen molar-refractivity contribution in [1.29, 1.82) is 0 Å². The van der Waals surface area contributed by atoms with Gasteiger partial charge in [0, 0.05) is 10.8 Å². The predicted octanol–water partition coefficient (Wildman–Crippen LogP) is 11.0. The number of thiophene rings is 1. The maximum atomic E-state index is 14.3. The van der Waals surface area contributed by atoms with Crippen LogP contribution < -0.4 is 4.74 Å². The molecule has 1 aromatic heterocycles. The molecule has 37 heavy (non-hydrogen) atoms. The molecule has 0 bridgehead atoms. The summed E-state index contributed by atoms with van der Waals surface area (Å²) in [5, 5.41) is 1.49. The molecule has 3 aromatic rings. The predicted molar refractivity (Wildman–Crippen MR) is 156 cm³/mol. The Bertz CT molecular complexity index is 1180. The van der Waals surface area contributed by atoms with Crippen molar-refractivity contribution in [3.8, 4) is 5.75 Å². The van der Waals surface area contributed by atoms with Crippen molar-refractivity contribution in [2.24, 2.45) is 23.7 Å². The average Bonchev–Trinajstić information content (AvgIpc) is 3.30. The highest BCUT2D eigenvalue weighted by Gasteiger charge is 2.30. The molecule has 1 heterocycles. The van der Waals surface area contributed by atoms with Gasteiger partial charge < -0.3 is 4.74 Å². The third kappa shape index (κ3) is 6.56. The van der Waals surface area contributed by atoms with Gasteiger partial charge in [-0.05, 0) is 101 Å². The van der Waals surface area contributed by atoms with Gasteiger partial charge >= 0.3 is 0 Å². The van der Waals surface area contributed by atoms with E-state index in [0.717, 1.165) is 45.8 Å². The van der Waals surface area contributed by atoms with E-state index in [4.69, 9.17) is 4.74 Å². The van der Waals surface area contributed by atoms with Crippen LogP contribution in [0.15, 0.2) is 36.4 Å². The Kier molecular flexibility index (Phi) is 10.0. The van der Waals surface area contributed by atoms with E-state index >= 15 is 0 Å². The Labute approximate surface area is 226 Å². The second kappa shape index (κ2) is 13.2. The molecule has 0 unspecified atom stereocenters. The van der Waals surface area contributed by atoms with Crippen molar-refractivity contribution in [2.75, 3.05) is 6.61 Å². The maximum absolute atomic E-state index is 14.3. The van der Waals surface area contributed by atoms with E-state index < -0.39 is 5.82 Å². The summed E-state index contributed by atoms with van der Waals surface area (Å²) in [4.78, 5) is 0. The summed E-state index contributed by atoms with van der Waals surface area (Å²) >= 11 is 1.14. The topological polar surface area (TPSA) is 9.23 Å². The highest BCUT2D eigenvalue weighted by atomic mass is 32.1. The SMILES string of the molecule is C/C=C/C1CCC(C2CCC(CCC)CC2)CC1.CCOc1ccc2c(sc3c(F)c(C)ccc32)c1F. The summed E-state index contributed by atoms with van der Waals surface area (Å²) in [6.07, 6.45) is 19.7. The standard InChI is InChI=1S/C18H32.C15H12F2OS/c1-3-5-15-7-11-17(12-8-15)18-13-9-16(6-4-2)10-14-18;1-3-18-11-7-6-10-9-5-4-8(2)12(16)14(9)19-15(10)13(11)17/h3,5,15-18H,4,6-14H2,1-2H3;4-7H,3H2,1-2H3/b5-3+;. The highest BCUT2D eigenvalue weighted by molar-refractivity contribution is 7.25. The van der Waals surface area contributed by atoms with Crippen LogP contribution in [-0.2, 0) is 0 Å². The van der Waals surface area contributed by atoms with E-state index in [0.29, 0.717) is 21.6 Å². The van der Waals surface area contributed by atoms with Crippen molar-refractivity contribution in [1.82, 2.24) is 0 Å². The van der Waals surface area contributed by atoms with Crippen LogP contribution in [0.3, 0.4) is 0 Å². The summed E-state index contributed by atoms with van der Waals surface area (Å²) in [6, 6.07) is 6.95. The number of rotatable bonds is 6. The van der Waals surface area contributed by atoms with Crippen LogP contribution in [0, 0.1) is 42.2 Å². The fourth-order valence-corrected chi connectivity index (χ4v) is 7.84. The largest absolute Gasteiger partial charge is 0.491 e. The molecule has 0 amide bonds. The molecule has 2 aliphatic carbocycles. The number of benzene rings is 2. The van der Waals surface area contributed by atoms with Crippen LogP contribution in [0.1, 0.15) is 90.5 Å². The molecule has 0 spiro atoms. The first-order chi connectivity index (χ1) is 18.0. The quantitative estimate of drug-likeness (QED) is 0.290. The van der Waals surface area contributed by atoms with Crippen LogP contribution in [-0.4, -0.2) is 6.61 Å². The molecule has 202 valence electrons. The van der Waals surface area contributed by atoms with E-state index in [9.17, 15) is 8.78 Å². The van der Waals surface area contributed by atoms with Gasteiger partial charge in [0.15, 0.2) is 11.6 Å². The number of halogens is 2. The van der Waals surface area contributed by atoms with Gasteiger partial charge in [-0.25, -0.2) is 8.78 Å². The lowest BCUT2D eigenvalue weighted by molar-refractivity contribution is 0.152. The molecular weight excluding hydrogens is 482 g/mol. The summed E-state index contributed by atoms with van der Waals surface area (Å²) < 4.78 is 34.5. The van der Waals surface area contributed by atoms with Crippen LogP contribution in [0.2, 0.25) is 0 Å². The Balaban J connectivity index is 0.000000173. The Morgan fingerprint density at radius 1 is 0.838 bits per heavy atom. The molecule has 1 nitrogen and oxygen atoms in total. The van der Waals surface area contributed by atoms with Gasteiger partial charge in [0.2, 0.25) is 0 Å². The summed E-state index contributed by atoms with van der Waals surface area (Å²) in [5.41, 5.74) is 0.574. The fraction of sp³-hybridized carbons (Fsp3) is 0.576. The lowest BCUT2D eigenvalue weighted by Gasteiger charge is -2.37. The summed E-state index contributed by atoms with van der Waals surface area (Å²) in [7, 11) is 0. The minimum Gasteiger partial charge on any atom is -0.491 e. The van der Waals surface area contributed by atoms with E-state index in [-0.39, 0.29) is 11.6 Å². The third-order valence-corrected chi connectivity index (χ3v) is 9.89. The van der Waals surface area contributed by atoms with Crippen molar-refractivity contribution in [3.05, 3.63) is 53.6 Å². The van der Waals surface area contributed by atoms with Crippen LogP contribution in [0.5, 0.6) is 5.75 Å². The van der Waals surface area contributed by atoms with E-state index in [1.165, 1.54) is 51.4 Å². The van der Waals surface area contributed by atoms with Crippen molar-refractivity contribution >= 4 is 31.5 Å². The first kappa shape index (κ1) is 28.1. The van der Waals surface area contributed by atoms with Gasteiger partial charge in [-0.15, -0.1) is 11.3 Å². The van der Waals surface area contributed by atoms with E-state index in [1.807, 2.05) is 6.07 Å². The summed E-state index contributed by atoms with van der Waals surface area (Å²) in [5.74, 6) is 3.69. The van der Waals surface area contributed by atoms with Crippen molar-refractivity contribution in [3.63, 3.8) is 0 Å². The number of allylic oxidation sites excluding steroid dienone is 2. The third-order valence-electron chi connectivity index (χ3n) is 8.68. The molecule has 0 N–H and O–H groups in total. The second-order valence-electron chi connectivity index (χ2n) is 11.1. The molecule has 0 saturated heterocycles. The zero-order chi connectivity index (χ0) is 26.4. The van der Waals surface area contributed by atoms with Gasteiger partial charge in [0.25, 0.3) is 0 Å². The minimum atomic E-state index is -0.405. The minimum absolute atomic E-state index is 0.221. The first-order valence-electron chi connectivity index (χ1n) is 14.5. The smallest absolute Gasteiger partial charge is 0.182 e.